The minimum atomic E-state index is -0.585. The molecule has 1 amide bonds. The van der Waals surface area contributed by atoms with E-state index in [4.69, 9.17) is 14.3 Å². The summed E-state index contributed by atoms with van der Waals surface area (Å²) in [5.74, 6) is -0.0913. The van der Waals surface area contributed by atoms with Crippen LogP contribution in [-0.4, -0.2) is 121 Å². The molecule has 2 aromatic carbocycles. The van der Waals surface area contributed by atoms with Gasteiger partial charge in [-0.05, 0) is 59.9 Å². The number of rotatable bonds is 29. The highest BCUT2D eigenvalue weighted by Gasteiger charge is 2.25. The molecule has 0 aliphatic heterocycles. The summed E-state index contributed by atoms with van der Waals surface area (Å²) in [6, 6.07) is 23.5. The third-order valence-electron chi connectivity index (χ3n) is 10.0. The van der Waals surface area contributed by atoms with Crippen LogP contribution < -0.4 is 24.3 Å². The van der Waals surface area contributed by atoms with E-state index in [0.29, 0.717) is 37.7 Å². The Kier molecular flexibility index (Phi) is 26.6. The van der Waals surface area contributed by atoms with Gasteiger partial charge in [0.1, 0.15) is 0 Å². The molecule has 2 heterocycles. The number of esters is 1. The molecule has 0 saturated heterocycles. The molecular formula is C49H63N5O10S2+2. The maximum atomic E-state index is 13.2. The molecule has 15 nitrogen and oxygen atoms in total. The zero-order valence-electron chi connectivity index (χ0n) is 37.7. The van der Waals surface area contributed by atoms with Crippen LogP contribution in [0, 0.1) is 5.92 Å². The first-order valence-electron chi connectivity index (χ1n) is 21.8. The van der Waals surface area contributed by atoms with Gasteiger partial charge in [0.05, 0.1) is 39.0 Å². The lowest BCUT2D eigenvalue weighted by molar-refractivity contribution is -0.684. The zero-order valence-corrected chi connectivity index (χ0v) is 39.3. The highest BCUT2D eigenvalue weighted by Crippen LogP contribution is 2.27. The van der Waals surface area contributed by atoms with Gasteiger partial charge in [0.2, 0.25) is 13.1 Å². The molecule has 4 aromatic rings. The first-order chi connectivity index (χ1) is 32.1. The number of nitrogens with zero attached hydrogens (tertiary/aromatic N) is 4. The number of anilines is 2. The fourth-order valence-electron chi connectivity index (χ4n) is 6.55. The van der Waals surface area contributed by atoms with Crippen LogP contribution in [0.1, 0.15) is 48.9 Å². The summed E-state index contributed by atoms with van der Waals surface area (Å²) in [6.07, 6.45) is 16.5. The van der Waals surface area contributed by atoms with Gasteiger partial charge in [0.25, 0.3) is 5.91 Å². The lowest BCUT2D eigenvalue weighted by Crippen LogP contribution is -2.46. The second kappa shape index (κ2) is 32.1. The molecular weight excluding hydrogens is 883 g/mol. The van der Waals surface area contributed by atoms with Crippen molar-refractivity contribution in [2.45, 2.75) is 45.8 Å². The molecule has 0 aliphatic rings. The number of benzene rings is 2. The van der Waals surface area contributed by atoms with Crippen LogP contribution in [0.4, 0.5) is 11.4 Å². The van der Waals surface area contributed by atoms with Crippen molar-refractivity contribution in [2.75, 3.05) is 80.5 Å². The van der Waals surface area contributed by atoms with Gasteiger partial charge in [0, 0.05) is 85.8 Å². The van der Waals surface area contributed by atoms with E-state index >= 15 is 0 Å². The normalized spacial score (nSPS) is 11.9. The maximum Gasteiger partial charge on any atom is 0.373 e. The van der Waals surface area contributed by atoms with E-state index in [0.717, 1.165) is 40.0 Å². The number of hydrogen-bond donors (Lipinski definition) is 5. The Hall–Kier alpha value is -5.65. The number of Topliss-reactive ketones (excluding diaryl/α,β-unsaturated/α-hetero) is 1. The lowest BCUT2D eigenvalue weighted by Gasteiger charge is -2.22. The summed E-state index contributed by atoms with van der Waals surface area (Å²) in [6.45, 7) is 6.17. The lowest BCUT2D eigenvalue weighted by atomic mass is 10.0. The van der Waals surface area contributed by atoms with Gasteiger partial charge < -0.3 is 40.3 Å². The van der Waals surface area contributed by atoms with Crippen LogP contribution in [0.3, 0.4) is 0 Å². The van der Waals surface area contributed by atoms with Gasteiger partial charge in [-0.25, -0.2) is 0 Å². The smallest absolute Gasteiger partial charge is 0.373 e. The van der Waals surface area contributed by atoms with Gasteiger partial charge in [-0.3, -0.25) is 14.4 Å². The van der Waals surface area contributed by atoms with Gasteiger partial charge in [-0.15, -0.1) is 0 Å². The van der Waals surface area contributed by atoms with Crippen LogP contribution in [0.15, 0.2) is 97.6 Å². The Labute approximate surface area is 395 Å². The number of aliphatic hydroxyl groups excluding tert-OH is 4. The number of nitrogens with one attached hydrogen (secondary N) is 1. The van der Waals surface area contributed by atoms with Crippen LogP contribution in [0.25, 0.3) is 24.3 Å². The van der Waals surface area contributed by atoms with Crippen molar-refractivity contribution in [1.82, 2.24) is 5.32 Å². The molecule has 66 heavy (non-hydrogen) atoms. The number of ketones is 1. The van der Waals surface area contributed by atoms with Crippen molar-refractivity contribution in [1.29, 1.82) is 0 Å². The monoisotopic (exact) mass is 945 g/mol. The predicted molar refractivity (Wildman–Crippen MR) is 259 cm³/mol. The first kappa shape index (κ1) is 54.7. The number of pyridine rings is 2. The molecule has 0 aliphatic carbocycles. The number of aromatic nitrogens is 2. The van der Waals surface area contributed by atoms with Crippen molar-refractivity contribution in [3.63, 3.8) is 0 Å². The molecule has 0 spiro atoms. The highest BCUT2D eigenvalue weighted by molar-refractivity contribution is 8.76. The molecule has 354 valence electrons. The Morgan fingerprint density at radius 1 is 0.636 bits per heavy atom. The molecule has 2 atom stereocenters. The predicted octanol–water partition coefficient (Wildman–Crippen LogP) is 3.72. The van der Waals surface area contributed by atoms with E-state index in [1.807, 2.05) is 143 Å². The molecule has 0 fully saturated rings. The van der Waals surface area contributed by atoms with Gasteiger partial charge in [-0.1, -0.05) is 77.1 Å². The topological polar surface area (TPSA) is 202 Å². The van der Waals surface area contributed by atoms with Crippen molar-refractivity contribution in [3.05, 3.63) is 120 Å². The Bertz CT molecular complexity index is 2100. The standard InChI is InChI=1S/C48H62N5O8S2.CO2/c1-3-43(49-47(59)35-51-23-19-41(20-24-51)8-6-39-11-15-45(16-12-39)53(27-31-56)28-32-57)37-63-62-36-42(48(60)61-4-2)33-46(58)34-50-21-17-40(18-22-50)7-5-38-9-13-44(14-10-38)52(25-29-54)26-30-55;2-1-3/h5-24,42-43,54-57H,3-4,25-37H2,1-2H3;/q+1;/p+1. The number of aliphatic hydroxyl groups is 4. The molecule has 2 unspecified atom stereocenters. The summed E-state index contributed by atoms with van der Waals surface area (Å²) < 4.78 is 8.95. The van der Waals surface area contributed by atoms with Crippen LogP contribution >= 0.6 is 21.6 Å². The minimum absolute atomic E-state index is 0.00865. The van der Waals surface area contributed by atoms with Crippen LogP contribution in [-0.2, 0) is 41.8 Å². The molecule has 0 radical (unpaired) electrons. The van der Waals surface area contributed by atoms with E-state index in [1.165, 1.54) is 10.8 Å². The van der Waals surface area contributed by atoms with Crippen molar-refractivity contribution in [3.8, 4) is 0 Å². The third-order valence-corrected chi connectivity index (χ3v) is 12.6. The third kappa shape index (κ3) is 20.7. The van der Waals surface area contributed by atoms with E-state index < -0.39 is 5.92 Å². The fraction of sp³-hybridized carbons (Fsp3) is 0.388. The van der Waals surface area contributed by atoms with E-state index in [-0.39, 0.29) is 82.4 Å². The van der Waals surface area contributed by atoms with E-state index in [9.17, 15) is 34.8 Å². The largest absolute Gasteiger partial charge is 0.466 e. The summed E-state index contributed by atoms with van der Waals surface area (Å²) in [7, 11) is 3.07. The Morgan fingerprint density at radius 3 is 1.42 bits per heavy atom. The number of amides is 1. The van der Waals surface area contributed by atoms with E-state index in [2.05, 4.69) is 5.32 Å². The minimum Gasteiger partial charge on any atom is -0.466 e. The van der Waals surface area contributed by atoms with Crippen LogP contribution in [0.2, 0.25) is 0 Å². The number of hydrogen-bond acceptors (Lipinski definition) is 14. The molecule has 2 aromatic heterocycles. The second-order valence-electron chi connectivity index (χ2n) is 14.8. The summed E-state index contributed by atoms with van der Waals surface area (Å²) >= 11 is 0. The van der Waals surface area contributed by atoms with Gasteiger partial charge in [-0.2, -0.15) is 18.7 Å². The quantitative estimate of drug-likeness (QED) is 0.0228. The summed E-state index contributed by atoms with van der Waals surface area (Å²) in [5.41, 5.74) is 5.83. The zero-order chi connectivity index (χ0) is 47.9. The van der Waals surface area contributed by atoms with Gasteiger partial charge >= 0.3 is 12.1 Å². The average Bonchev–Trinajstić information content (AvgIpc) is 3.32. The number of ether oxygens (including phenoxy) is 1. The number of carbonyl (C=O) groups excluding carboxylic acids is 5. The maximum absolute atomic E-state index is 13.2. The number of carbonyl (C=O) groups is 3. The van der Waals surface area contributed by atoms with E-state index in [1.54, 1.807) is 22.3 Å². The Balaban J connectivity index is 0.00000375. The second-order valence-corrected chi connectivity index (χ2v) is 17.4. The van der Waals surface area contributed by atoms with Gasteiger partial charge in [0.15, 0.2) is 30.6 Å². The fourth-order valence-corrected chi connectivity index (χ4v) is 9.20. The summed E-state index contributed by atoms with van der Waals surface area (Å²) in [5, 5.41) is 40.3. The van der Waals surface area contributed by atoms with Crippen molar-refractivity contribution in [2.24, 2.45) is 5.92 Å². The average molecular weight is 946 g/mol. The summed E-state index contributed by atoms with van der Waals surface area (Å²) in [4.78, 5) is 59.1. The highest BCUT2D eigenvalue weighted by atomic mass is 33.1. The molecule has 17 heteroatoms. The molecule has 4 rings (SSSR count). The van der Waals surface area contributed by atoms with Crippen LogP contribution in [0.5, 0.6) is 0 Å². The SMILES string of the molecule is CCOC(=O)C(CSSCC(CC)NC(=O)C[n+]1ccc(/C=C/c2ccc(N(CCO)CCO)cc2)cc1)CC(=O)C[n+]1ccc(/C=C/c2ccc(N(CCO)CCO)cc2)cc1.O=C=O. The molecule has 0 saturated carbocycles. The van der Waals surface area contributed by atoms with Crippen molar-refractivity contribution < 1.29 is 58.3 Å². The van der Waals surface area contributed by atoms with Crippen molar-refractivity contribution >= 4 is 81.1 Å². The first-order valence-corrected chi connectivity index (χ1v) is 24.3. The Morgan fingerprint density at radius 2 is 1.03 bits per heavy atom. The molecule has 5 N–H and O–H groups in total. The molecule has 0 bridgehead atoms.